The summed E-state index contributed by atoms with van der Waals surface area (Å²) >= 11 is 0. The van der Waals surface area contributed by atoms with Gasteiger partial charge in [-0.1, -0.05) is 12.1 Å². The van der Waals surface area contributed by atoms with Crippen LogP contribution in [0, 0.1) is 11.3 Å². The molecule has 0 radical (unpaired) electrons. The molecule has 2 atom stereocenters. The van der Waals surface area contributed by atoms with E-state index in [1.54, 1.807) is 4.90 Å². The van der Waals surface area contributed by atoms with E-state index in [9.17, 15) is 31.6 Å². The number of ether oxygens (including phenoxy) is 1. The number of methoxy groups -OCH3 is 1. The zero-order valence-corrected chi connectivity index (χ0v) is 17.1. The summed E-state index contributed by atoms with van der Waals surface area (Å²) in [5.41, 5.74) is -2.15. The Morgan fingerprint density at radius 2 is 2.03 bits per heavy atom. The maximum absolute atomic E-state index is 13.4. The third kappa shape index (κ3) is 4.45. The van der Waals surface area contributed by atoms with Crippen molar-refractivity contribution >= 4 is 15.7 Å². The first-order chi connectivity index (χ1) is 14.0. The van der Waals surface area contributed by atoms with Crippen molar-refractivity contribution in [3.63, 3.8) is 0 Å². The van der Waals surface area contributed by atoms with Gasteiger partial charge in [-0.3, -0.25) is 9.69 Å². The van der Waals surface area contributed by atoms with Gasteiger partial charge in [0.05, 0.1) is 34.4 Å². The van der Waals surface area contributed by atoms with E-state index < -0.39 is 49.2 Å². The summed E-state index contributed by atoms with van der Waals surface area (Å²) in [7, 11) is -2.91. The SMILES string of the molecule is COCCN1C[C@H](S(=O)(=O)c2ccccc2C(F)(F)F)C[C@H]1C(=O)NC1(C#N)CC1. The van der Waals surface area contributed by atoms with E-state index in [-0.39, 0.29) is 26.1 Å². The van der Waals surface area contributed by atoms with Crippen molar-refractivity contribution in [1.29, 1.82) is 5.26 Å². The molecule has 1 saturated heterocycles. The summed E-state index contributed by atoms with van der Waals surface area (Å²) in [6.45, 7) is 0.357. The average Bonchev–Trinajstić information content (AvgIpc) is 3.33. The number of benzene rings is 1. The van der Waals surface area contributed by atoms with Crippen LogP contribution in [0.1, 0.15) is 24.8 Å². The molecule has 1 amide bonds. The van der Waals surface area contributed by atoms with Crippen LogP contribution in [0.4, 0.5) is 13.2 Å². The fourth-order valence-corrected chi connectivity index (χ4v) is 5.59. The van der Waals surface area contributed by atoms with Crippen molar-refractivity contribution in [1.82, 2.24) is 10.2 Å². The molecule has 1 aromatic carbocycles. The molecule has 0 aromatic heterocycles. The molecular formula is C19H22F3N3O4S. The van der Waals surface area contributed by atoms with E-state index in [2.05, 4.69) is 5.32 Å². The van der Waals surface area contributed by atoms with E-state index in [0.29, 0.717) is 12.8 Å². The van der Waals surface area contributed by atoms with Gasteiger partial charge in [-0.05, 0) is 31.4 Å². The maximum atomic E-state index is 13.4. The number of nitriles is 1. The van der Waals surface area contributed by atoms with Crippen LogP contribution in [0.15, 0.2) is 29.2 Å². The van der Waals surface area contributed by atoms with Crippen LogP contribution in [0.5, 0.6) is 0 Å². The predicted molar refractivity (Wildman–Crippen MR) is 100.0 cm³/mol. The van der Waals surface area contributed by atoms with Crippen LogP contribution in [-0.2, 0) is 25.5 Å². The van der Waals surface area contributed by atoms with E-state index in [4.69, 9.17) is 4.74 Å². The molecule has 11 heteroatoms. The van der Waals surface area contributed by atoms with Gasteiger partial charge in [0.15, 0.2) is 9.84 Å². The smallest absolute Gasteiger partial charge is 0.383 e. The molecule has 30 heavy (non-hydrogen) atoms. The third-order valence-electron chi connectivity index (χ3n) is 5.51. The minimum Gasteiger partial charge on any atom is -0.383 e. The van der Waals surface area contributed by atoms with Crippen molar-refractivity contribution in [3.05, 3.63) is 29.8 Å². The Morgan fingerprint density at radius 3 is 2.60 bits per heavy atom. The zero-order chi connectivity index (χ0) is 22.2. The monoisotopic (exact) mass is 445 g/mol. The molecule has 1 N–H and O–H groups in total. The molecule has 1 saturated carbocycles. The Balaban J connectivity index is 1.88. The van der Waals surface area contributed by atoms with Crippen LogP contribution < -0.4 is 5.32 Å². The lowest BCUT2D eigenvalue weighted by molar-refractivity contribution is -0.139. The first kappa shape index (κ1) is 22.5. The molecule has 2 aliphatic rings. The Kier molecular flexibility index (Phi) is 6.13. The summed E-state index contributed by atoms with van der Waals surface area (Å²) in [4.78, 5) is 13.6. The van der Waals surface area contributed by atoms with Gasteiger partial charge in [-0.2, -0.15) is 18.4 Å². The molecular weight excluding hydrogens is 423 g/mol. The second-order valence-corrected chi connectivity index (χ2v) is 9.78. The quantitative estimate of drug-likeness (QED) is 0.687. The number of halogens is 3. The second kappa shape index (κ2) is 8.17. The van der Waals surface area contributed by atoms with Gasteiger partial charge in [-0.15, -0.1) is 0 Å². The predicted octanol–water partition coefficient (Wildman–Crippen LogP) is 1.74. The van der Waals surface area contributed by atoms with Gasteiger partial charge in [0.25, 0.3) is 0 Å². The molecule has 1 aliphatic heterocycles. The lowest BCUT2D eigenvalue weighted by Crippen LogP contribution is -2.48. The van der Waals surface area contributed by atoms with Crippen LogP contribution in [0.2, 0.25) is 0 Å². The largest absolute Gasteiger partial charge is 0.417 e. The van der Waals surface area contributed by atoms with Gasteiger partial charge in [0.2, 0.25) is 5.91 Å². The standard InChI is InChI=1S/C19H22F3N3O4S/c1-29-9-8-25-11-13(10-15(25)17(26)24-18(12-23)6-7-18)30(27,28)16-5-3-2-4-14(16)19(20,21)22/h2-5,13,15H,6-11H2,1H3,(H,24,26)/t13-,15+/m1/s1. The molecule has 1 aliphatic carbocycles. The maximum Gasteiger partial charge on any atom is 0.417 e. The van der Waals surface area contributed by atoms with Crippen molar-refractivity contribution in [3.8, 4) is 6.07 Å². The first-order valence-electron chi connectivity index (χ1n) is 9.40. The summed E-state index contributed by atoms with van der Waals surface area (Å²) in [6.07, 6.45) is -3.95. The normalized spacial score (nSPS) is 23.7. The van der Waals surface area contributed by atoms with Crippen molar-refractivity contribution in [2.75, 3.05) is 26.8 Å². The zero-order valence-electron chi connectivity index (χ0n) is 16.3. The molecule has 7 nitrogen and oxygen atoms in total. The number of carbonyl (C=O) groups is 1. The van der Waals surface area contributed by atoms with Crippen LogP contribution in [-0.4, -0.2) is 62.9 Å². The Labute approximate surface area is 172 Å². The number of carbonyl (C=O) groups excluding carboxylic acids is 1. The number of hydrogen-bond donors (Lipinski definition) is 1. The summed E-state index contributed by atoms with van der Waals surface area (Å²) < 4.78 is 71.3. The van der Waals surface area contributed by atoms with Crippen LogP contribution >= 0.6 is 0 Å². The lowest BCUT2D eigenvalue weighted by Gasteiger charge is -2.24. The van der Waals surface area contributed by atoms with Gasteiger partial charge >= 0.3 is 6.18 Å². The number of sulfone groups is 1. The third-order valence-corrected chi connectivity index (χ3v) is 7.70. The Bertz CT molecular complexity index is 955. The van der Waals surface area contributed by atoms with Gasteiger partial charge in [0.1, 0.15) is 5.54 Å². The van der Waals surface area contributed by atoms with E-state index in [1.807, 2.05) is 6.07 Å². The number of nitrogens with zero attached hydrogens (tertiary/aromatic N) is 2. The minimum atomic E-state index is -4.82. The second-order valence-electron chi connectivity index (χ2n) is 7.58. The Hall–Kier alpha value is -2.16. The average molecular weight is 445 g/mol. The summed E-state index contributed by atoms with van der Waals surface area (Å²) in [6, 6.07) is 5.22. The lowest BCUT2D eigenvalue weighted by atomic mass is 10.2. The highest BCUT2D eigenvalue weighted by atomic mass is 32.2. The van der Waals surface area contributed by atoms with Gasteiger partial charge in [0, 0.05) is 20.2 Å². The fourth-order valence-electron chi connectivity index (χ4n) is 3.65. The van der Waals surface area contributed by atoms with E-state index in [1.165, 1.54) is 13.2 Å². The van der Waals surface area contributed by atoms with Gasteiger partial charge in [-0.25, -0.2) is 8.42 Å². The highest BCUT2D eigenvalue weighted by molar-refractivity contribution is 7.92. The van der Waals surface area contributed by atoms with Gasteiger partial charge < -0.3 is 10.1 Å². The molecule has 0 bridgehead atoms. The van der Waals surface area contributed by atoms with Crippen LogP contribution in [0.3, 0.4) is 0 Å². The summed E-state index contributed by atoms with van der Waals surface area (Å²) in [5, 5.41) is 10.7. The summed E-state index contributed by atoms with van der Waals surface area (Å²) in [5.74, 6) is -0.494. The molecule has 1 heterocycles. The molecule has 164 valence electrons. The van der Waals surface area contributed by atoms with Crippen LogP contribution in [0.25, 0.3) is 0 Å². The van der Waals surface area contributed by atoms with Crippen molar-refractivity contribution < 1.29 is 31.1 Å². The Morgan fingerprint density at radius 1 is 1.37 bits per heavy atom. The van der Waals surface area contributed by atoms with E-state index >= 15 is 0 Å². The number of nitrogens with one attached hydrogen (secondary N) is 1. The van der Waals surface area contributed by atoms with Crippen molar-refractivity contribution in [2.24, 2.45) is 0 Å². The number of rotatable bonds is 7. The molecule has 0 spiro atoms. The van der Waals surface area contributed by atoms with Crippen molar-refractivity contribution in [2.45, 2.75) is 47.2 Å². The number of likely N-dealkylation sites (tertiary alicyclic amines) is 1. The molecule has 3 rings (SSSR count). The number of hydrogen-bond acceptors (Lipinski definition) is 6. The number of alkyl halides is 3. The first-order valence-corrected chi connectivity index (χ1v) is 10.9. The fraction of sp³-hybridized carbons (Fsp3) is 0.579. The number of amides is 1. The topological polar surface area (TPSA) is 99.5 Å². The highest BCUT2D eigenvalue weighted by Gasteiger charge is 2.50. The highest BCUT2D eigenvalue weighted by Crippen LogP contribution is 2.38. The molecule has 1 aromatic rings. The minimum absolute atomic E-state index is 0.102. The van der Waals surface area contributed by atoms with E-state index in [0.717, 1.165) is 18.2 Å². The molecule has 0 unspecified atom stereocenters. The molecule has 2 fully saturated rings.